The molecule has 0 bridgehead atoms. The van der Waals surface area contributed by atoms with Crippen LogP contribution in [0.2, 0.25) is 0 Å². The van der Waals surface area contributed by atoms with E-state index in [1.54, 1.807) is 18.2 Å². The minimum atomic E-state index is -2.29. The monoisotopic (exact) mass is 573 g/mol. The van der Waals surface area contributed by atoms with Gasteiger partial charge < -0.3 is 23.7 Å². The van der Waals surface area contributed by atoms with Crippen LogP contribution in [-0.2, 0) is 15.7 Å². The Bertz CT molecular complexity index is 1510. The zero-order valence-corrected chi connectivity index (χ0v) is 22.3. The van der Waals surface area contributed by atoms with E-state index in [9.17, 15) is 17.4 Å². The van der Waals surface area contributed by atoms with Crippen molar-refractivity contribution in [3.8, 4) is 23.0 Å². The molecular weight excluding hydrogens is 547 g/mol. The first kappa shape index (κ1) is 27.7. The Morgan fingerprint density at radius 3 is 2.45 bits per heavy atom. The molecule has 8 nitrogen and oxygen atoms in total. The Balaban J connectivity index is 1.31. The molecule has 1 N–H and O–H groups in total. The standard InChI is InChI=1S/C28H26F3N3O5S/c1-36-26-16-19-23(17-27(26)38-14-11-34-9-12-37-13-10-34)32-8-7-24(19)39-25-6-5-18(15-22(25)31)33-40(35)28-20(29)3-2-4-21(28)30/h2-8,15-17,33H,9-14H2,1H3. The maximum atomic E-state index is 15.0. The number of fused-ring (bicyclic) bond motifs is 1. The molecule has 1 unspecified atom stereocenters. The Morgan fingerprint density at radius 1 is 0.950 bits per heavy atom. The van der Waals surface area contributed by atoms with Gasteiger partial charge in [0.2, 0.25) is 0 Å². The summed E-state index contributed by atoms with van der Waals surface area (Å²) in [4.78, 5) is 6.00. The molecule has 1 fully saturated rings. The topological polar surface area (TPSA) is 82.2 Å². The van der Waals surface area contributed by atoms with Crippen LogP contribution in [0.5, 0.6) is 23.0 Å². The quantitative estimate of drug-likeness (QED) is 0.276. The second-order valence-electron chi connectivity index (χ2n) is 8.80. The lowest BCUT2D eigenvalue weighted by atomic mass is 10.1. The molecule has 5 rings (SSSR count). The van der Waals surface area contributed by atoms with Gasteiger partial charge in [-0.15, -0.1) is 0 Å². The number of aromatic nitrogens is 1. The van der Waals surface area contributed by atoms with Gasteiger partial charge in [-0.05, 0) is 36.4 Å². The molecule has 1 aliphatic heterocycles. The van der Waals surface area contributed by atoms with Gasteiger partial charge in [0.15, 0.2) is 34.1 Å². The molecular formula is C28H26F3N3O5S. The normalized spacial score (nSPS) is 14.6. The number of nitrogens with zero attached hydrogens (tertiary/aromatic N) is 2. The van der Waals surface area contributed by atoms with Crippen LogP contribution in [0.1, 0.15) is 0 Å². The predicted molar refractivity (Wildman–Crippen MR) is 144 cm³/mol. The van der Waals surface area contributed by atoms with Crippen molar-refractivity contribution in [3.05, 3.63) is 78.2 Å². The maximum Gasteiger partial charge on any atom is 0.167 e. The van der Waals surface area contributed by atoms with E-state index in [-0.39, 0.29) is 11.4 Å². The average molecular weight is 574 g/mol. The van der Waals surface area contributed by atoms with E-state index < -0.39 is 33.3 Å². The van der Waals surface area contributed by atoms with Gasteiger partial charge in [0, 0.05) is 49.0 Å². The van der Waals surface area contributed by atoms with Gasteiger partial charge in [0.05, 0.1) is 25.8 Å². The van der Waals surface area contributed by atoms with Gasteiger partial charge in [-0.1, -0.05) is 6.07 Å². The average Bonchev–Trinajstić information content (AvgIpc) is 2.94. The second kappa shape index (κ2) is 12.5. The third kappa shape index (κ3) is 6.30. The predicted octanol–water partition coefficient (Wildman–Crippen LogP) is 5.30. The minimum absolute atomic E-state index is 0.0472. The van der Waals surface area contributed by atoms with Gasteiger partial charge in [-0.2, -0.15) is 0 Å². The number of halogens is 3. The van der Waals surface area contributed by atoms with Crippen LogP contribution in [-0.4, -0.2) is 60.7 Å². The summed E-state index contributed by atoms with van der Waals surface area (Å²) in [5.74, 6) is -1.54. The van der Waals surface area contributed by atoms with Crippen molar-refractivity contribution in [2.24, 2.45) is 0 Å². The van der Waals surface area contributed by atoms with E-state index in [4.69, 9.17) is 18.9 Å². The van der Waals surface area contributed by atoms with E-state index in [1.807, 2.05) is 0 Å². The summed E-state index contributed by atoms with van der Waals surface area (Å²) < 4.78 is 80.4. The van der Waals surface area contributed by atoms with Crippen molar-refractivity contribution in [1.82, 2.24) is 9.88 Å². The number of hydrogen-bond donors (Lipinski definition) is 1. The van der Waals surface area contributed by atoms with Crippen LogP contribution in [0.3, 0.4) is 0 Å². The fraction of sp³-hybridized carbons (Fsp3) is 0.250. The Morgan fingerprint density at radius 2 is 1.73 bits per heavy atom. The third-order valence-electron chi connectivity index (χ3n) is 6.22. The van der Waals surface area contributed by atoms with Crippen LogP contribution in [0.15, 0.2) is 65.7 Å². The molecule has 1 aliphatic rings. The summed E-state index contributed by atoms with van der Waals surface area (Å²) in [6, 6.07) is 11.9. The molecule has 1 aromatic heterocycles. The fourth-order valence-electron chi connectivity index (χ4n) is 4.18. The van der Waals surface area contributed by atoms with Crippen LogP contribution in [0.4, 0.5) is 18.9 Å². The number of pyridine rings is 1. The number of ether oxygens (including phenoxy) is 4. The number of hydrogen-bond acceptors (Lipinski definition) is 7. The molecule has 4 aromatic rings. The summed E-state index contributed by atoms with van der Waals surface area (Å²) in [7, 11) is -0.766. The van der Waals surface area contributed by atoms with Crippen molar-refractivity contribution >= 4 is 27.6 Å². The molecule has 0 amide bonds. The molecule has 2 heterocycles. The summed E-state index contributed by atoms with van der Waals surface area (Å²) in [6.07, 6.45) is 1.53. The van der Waals surface area contributed by atoms with Crippen molar-refractivity contribution in [3.63, 3.8) is 0 Å². The molecule has 1 saturated heterocycles. The molecule has 0 saturated carbocycles. The van der Waals surface area contributed by atoms with Crippen molar-refractivity contribution in [2.75, 3.05) is 51.3 Å². The summed E-state index contributed by atoms with van der Waals surface area (Å²) in [5.41, 5.74) is 0.603. The fourth-order valence-corrected chi connectivity index (χ4v) is 5.12. The van der Waals surface area contributed by atoms with E-state index in [0.29, 0.717) is 48.0 Å². The highest BCUT2D eigenvalue weighted by atomic mass is 32.2. The largest absolute Gasteiger partial charge is 0.493 e. The molecule has 0 spiro atoms. The highest BCUT2D eigenvalue weighted by Gasteiger charge is 2.18. The first-order valence-corrected chi connectivity index (χ1v) is 13.6. The van der Waals surface area contributed by atoms with Crippen LogP contribution in [0.25, 0.3) is 10.9 Å². The van der Waals surface area contributed by atoms with Crippen molar-refractivity contribution in [2.45, 2.75) is 4.90 Å². The van der Waals surface area contributed by atoms with E-state index in [1.165, 1.54) is 25.4 Å². The number of benzene rings is 3. The smallest absolute Gasteiger partial charge is 0.167 e. The number of nitrogens with one attached hydrogen (secondary N) is 1. The number of morpholine rings is 1. The highest BCUT2D eigenvalue weighted by Crippen LogP contribution is 2.38. The summed E-state index contributed by atoms with van der Waals surface area (Å²) in [6.45, 7) is 4.33. The van der Waals surface area contributed by atoms with Crippen LogP contribution in [0, 0.1) is 17.5 Å². The maximum absolute atomic E-state index is 15.0. The molecule has 3 aromatic carbocycles. The van der Waals surface area contributed by atoms with Crippen molar-refractivity contribution in [1.29, 1.82) is 0 Å². The lowest BCUT2D eigenvalue weighted by Crippen LogP contribution is -2.38. The third-order valence-corrected chi connectivity index (χ3v) is 7.40. The Hall–Kier alpha value is -3.87. The first-order chi connectivity index (χ1) is 19.4. The lowest BCUT2D eigenvalue weighted by molar-refractivity contribution is 0.0321. The van der Waals surface area contributed by atoms with Gasteiger partial charge in [0.25, 0.3) is 0 Å². The van der Waals surface area contributed by atoms with E-state index in [0.717, 1.165) is 43.9 Å². The van der Waals surface area contributed by atoms with Gasteiger partial charge in [0.1, 0.15) is 28.9 Å². The van der Waals surface area contributed by atoms with E-state index >= 15 is 0 Å². The zero-order chi connectivity index (χ0) is 28.1. The molecule has 12 heteroatoms. The zero-order valence-electron chi connectivity index (χ0n) is 21.5. The molecule has 0 aliphatic carbocycles. The lowest BCUT2D eigenvalue weighted by Gasteiger charge is -2.26. The van der Waals surface area contributed by atoms with Crippen molar-refractivity contribution < 1.29 is 36.3 Å². The summed E-state index contributed by atoms with van der Waals surface area (Å²) >= 11 is 0. The number of methoxy groups -OCH3 is 1. The molecule has 40 heavy (non-hydrogen) atoms. The molecule has 210 valence electrons. The van der Waals surface area contributed by atoms with Gasteiger partial charge in [-0.3, -0.25) is 9.88 Å². The van der Waals surface area contributed by atoms with Gasteiger partial charge >= 0.3 is 0 Å². The Labute approximate surface area is 231 Å². The highest BCUT2D eigenvalue weighted by molar-refractivity contribution is 7.86. The number of anilines is 1. The number of rotatable bonds is 10. The summed E-state index contributed by atoms with van der Waals surface area (Å²) in [5, 5.41) is 0.567. The minimum Gasteiger partial charge on any atom is -0.493 e. The van der Waals surface area contributed by atoms with Gasteiger partial charge in [-0.25, -0.2) is 17.4 Å². The second-order valence-corrected chi connectivity index (χ2v) is 9.95. The molecule has 0 radical (unpaired) electrons. The molecule has 1 atom stereocenters. The van der Waals surface area contributed by atoms with Crippen LogP contribution < -0.4 is 18.9 Å². The SMILES string of the molecule is COc1cc2c(Oc3ccc(NS(=O)c4c(F)cccc4F)cc3F)ccnc2cc1OCCN1CCOCC1. The van der Waals surface area contributed by atoms with Crippen LogP contribution >= 0.6 is 0 Å². The van der Waals surface area contributed by atoms with E-state index in [2.05, 4.69) is 14.6 Å². The first-order valence-electron chi connectivity index (χ1n) is 12.4. The Kier molecular flexibility index (Phi) is 8.68.